The molecule has 3 fully saturated rings. The maximum atomic E-state index is 12.3. The molecule has 0 radical (unpaired) electrons. The number of nitrogens with one attached hydrogen (secondary N) is 3. The van der Waals surface area contributed by atoms with Crippen molar-refractivity contribution in [1.82, 2.24) is 25.1 Å². The standard InChI is InChI=1S/C24H29N7O2/c1-14-10-22(30-29-14)27-21-13-19-18(6-3-8-25-19)23(28-21)26-15-11-16-4-2-5-17(12-15)31(16)20-7-9-33-24(20)32/h3,6,8,10,13,15-17,20H,2,4-5,7,9,11-12H2,1H3,(H3,26,27,28,29,30)/t15?,16-,17+,20-/m0/s1. The van der Waals surface area contributed by atoms with Crippen molar-refractivity contribution < 1.29 is 9.53 Å². The zero-order chi connectivity index (χ0) is 22.4. The predicted octanol–water partition coefficient (Wildman–Crippen LogP) is 3.52. The van der Waals surface area contributed by atoms with Gasteiger partial charge in [0.1, 0.15) is 17.7 Å². The van der Waals surface area contributed by atoms with Crippen molar-refractivity contribution in [2.75, 3.05) is 17.2 Å². The number of esters is 1. The van der Waals surface area contributed by atoms with E-state index in [4.69, 9.17) is 9.72 Å². The van der Waals surface area contributed by atoms with Gasteiger partial charge in [-0.1, -0.05) is 6.42 Å². The third kappa shape index (κ3) is 3.90. The highest BCUT2D eigenvalue weighted by molar-refractivity contribution is 5.91. The van der Waals surface area contributed by atoms with Crippen LogP contribution in [0.4, 0.5) is 17.5 Å². The highest BCUT2D eigenvalue weighted by atomic mass is 16.5. The molecule has 4 atom stereocenters. The minimum atomic E-state index is -0.0609. The van der Waals surface area contributed by atoms with Crippen LogP contribution < -0.4 is 10.6 Å². The number of aryl methyl sites for hydroxylation is 1. The van der Waals surface area contributed by atoms with E-state index in [0.717, 1.165) is 60.3 Å². The lowest BCUT2D eigenvalue weighted by atomic mass is 9.80. The molecule has 6 rings (SSSR count). The van der Waals surface area contributed by atoms with E-state index in [2.05, 4.69) is 36.8 Å². The summed E-state index contributed by atoms with van der Waals surface area (Å²) in [6.45, 7) is 2.52. The third-order valence-corrected chi connectivity index (χ3v) is 7.20. The van der Waals surface area contributed by atoms with E-state index in [1.807, 2.05) is 25.1 Å². The quantitative estimate of drug-likeness (QED) is 0.510. The van der Waals surface area contributed by atoms with Crippen LogP contribution in [0.5, 0.6) is 0 Å². The van der Waals surface area contributed by atoms with Crippen LogP contribution in [0.15, 0.2) is 30.5 Å². The van der Waals surface area contributed by atoms with Gasteiger partial charge in [-0.25, -0.2) is 4.98 Å². The molecule has 9 nitrogen and oxygen atoms in total. The average molecular weight is 448 g/mol. The number of carbonyl (C=O) groups excluding carboxylic acids is 1. The van der Waals surface area contributed by atoms with Gasteiger partial charge in [0.25, 0.3) is 0 Å². The summed E-state index contributed by atoms with van der Waals surface area (Å²) in [6, 6.07) is 8.96. The van der Waals surface area contributed by atoms with Gasteiger partial charge in [-0.2, -0.15) is 5.10 Å². The van der Waals surface area contributed by atoms with Gasteiger partial charge < -0.3 is 15.4 Å². The number of aromatic amines is 1. The number of nitrogens with zero attached hydrogens (tertiary/aromatic N) is 4. The molecule has 3 aliphatic heterocycles. The molecule has 2 bridgehead atoms. The van der Waals surface area contributed by atoms with E-state index in [-0.39, 0.29) is 12.0 Å². The first-order valence-corrected chi connectivity index (χ1v) is 11.9. The maximum absolute atomic E-state index is 12.3. The van der Waals surface area contributed by atoms with Crippen LogP contribution in [0, 0.1) is 6.92 Å². The zero-order valence-electron chi connectivity index (χ0n) is 18.8. The number of H-pyrrole nitrogens is 1. The van der Waals surface area contributed by atoms with Crippen LogP contribution in [-0.4, -0.2) is 61.8 Å². The zero-order valence-corrected chi connectivity index (χ0v) is 18.8. The third-order valence-electron chi connectivity index (χ3n) is 7.20. The number of piperidine rings is 2. The topological polar surface area (TPSA) is 108 Å². The van der Waals surface area contributed by atoms with E-state index in [1.165, 1.54) is 6.42 Å². The van der Waals surface area contributed by atoms with Crippen LogP contribution in [0.2, 0.25) is 0 Å². The molecular formula is C24H29N7O2. The van der Waals surface area contributed by atoms with Gasteiger partial charge in [-0.15, -0.1) is 0 Å². The Morgan fingerprint density at radius 3 is 2.73 bits per heavy atom. The van der Waals surface area contributed by atoms with Gasteiger partial charge in [0, 0.05) is 54.0 Å². The molecule has 172 valence electrons. The summed E-state index contributed by atoms with van der Waals surface area (Å²) in [4.78, 5) is 24.2. The Morgan fingerprint density at radius 1 is 1.15 bits per heavy atom. The molecule has 9 heteroatoms. The predicted molar refractivity (Wildman–Crippen MR) is 125 cm³/mol. The van der Waals surface area contributed by atoms with Crippen molar-refractivity contribution in [2.24, 2.45) is 0 Å². The second kappa shape index (κ2) is 8.30. The average Bonchev–Trinajstić information content (AvgIpc) is 3.40. The first kappa shape index (κ1) is 20.4. The molecule has 3 aromatic heterocycles. The molecule has 3 saturated heterocycles. The number of aromatic nitrogens is 4. The van der Waals surface area contributed by atoms with Gasteiger partial charge >= 0.3 is 5.97 Å². The summed E-state index contributed by atoms with van der Waals surface area (Å²) in [7, 11) is 0. The van der Waals surface area contributed by atoms with E-state index in [1.54, 1.807) is 6.20 Å². The second-order valence-corrected chi connectivity index (χ2v) is 9.46. The van der Waals surface area contributed by atoms with Crippen molar-refractivity contribution in [3.63, 3.8) is 0 Å². The van der Waals surface area contributed by atoms with E-state index in [9.17, 15) is 4.79 Å². The molecule has 0 aliphatic carbocycles. The Kier molecular flexibility index (Phi) is 5.13. The molecule has 0 saturated carbocycles. The first-order valence-electron chi connectivity index (χ1n) is 11.9. The summed E-state index contributed by atoms with van der Waals surface area (Å²) < 4.78 is 5.29. The number of carbonyl (C=O) groups is 1. The highest BCUT2D eigenvalue weighted by Gasteiger charge is 2.46. The van der Waals surface area contributed by atoms with Gasteiger partial charge in [0.15, 0.2) is 5.82 Å². The Balaban J connectivity index is 1.26. The molecule has 33 heavy (non-hydrogen) atoms. The molecule has 3 aromatic rings. The Morgan fingerprint density at radius 2 is 2.00 bits per heavy atom. The Hall–Kier alpha value is -3.20. The summed E-state index contributed by atoms with van der Waals surface area (Å²) >= 11 is 0. The lowest BCUT2D eigenvalue weighted by molar-refractivity contribution is -0.145. The lowest BCUT2D eigenvalue weighted by Crippen LogP contribution is -2.59. The fourth-order valence-electron chi connectivity index (χ4n) is 5.86. The Labute approximate surface area is 192 Å². The minimum Gasteiger partial charge on any atom is -0.464 e. The summed E-state index contributed by atoms with van der Waals surface area (Å²) in [6.07, 6.45) is 8.12. The number of hydrogen-bond donors (Lipinski definition) is 3. The van der Waals surface area contributed by atoms with E-state index in [0.29, 0.717) is 30.6 Å². The molecule has 0 aromatic carbocycles. The Bertz CT molecular complexity index is 1160. The van der Waals surface area contributed by atoms with Gasteiger partial charge in [0.2, 0.25) is 0 Å². The first-order chi connectivity index (χ1) is 16.1. The van der Waals surface area contributed by atoms with E-state index >= 15 is 0 Å². The fourth-order valence-corrected chi connectivity index (χ4v) is 5.86. The number of cyclic esters (lactones) is 1. The minimum absolute atomic E-state index is 0.0376. The van der Waals surface area contributed by atoms with Crippen LogP contribution >= 0.6 is 0 Å². The van der Waals surface area contributed by atoms with Gasteiger partial charge in [-0.3, -0.25) is 19.8 Å². The summed E-state index contributed by atoms with van der Waals surface area (Å²) in [5.41, 5.74) is 1.87. The smallest absolute Gasteiger partial charge is 0.323 e. The largest absolute Gasteiger partial charge is 0.464 e. The SMILES string of the molecule is Cc1cc(Nc2cc3ncccc3c(NC3C[C@H]4CCC[C@@H](C3)N4[C@H]3CCOC3=O)n2)n[nH]1. The van der Waals surface area contributed by atoms with E-state index < -0.39 is 0 Å². The monoisotopic (exact) mass is 447 g/mol. The normalized spacial score (nSPS) is 27.5. The van der Waals surface area contributed by atoms with Crippen LogP contribution in [0.25, 0.3) is 10.9 Å². The van der Waals surface area contributed by atoms with Gasteiger partial charge in [-0.05, 0) is 44.7 Å². The molecule has 0 amide bonds. The molecule has 1 unspecified atom stereocenters. The molecule has 3 aliphatic rings. The maximum Gasteiger partial charge on any atom is 0.323 e. The van der Waals surface area contributed by atoms with Crippen molar-refractivity contribution in [3.05, 3.63) is 36.2 Å². The lowest BCUT2D eigenvalue weighted by Gasteiger charge is -2.50. The molecule has 3 N–H and O–H groups in total. The van der Waals surface area contributed by atoms with Crippen molar-refractivity contribution in [3.8, 4) is 0 Å². The number of hydrogen-bond acceptors (Lipinski definition) is 8. The highest BCUT2D eigenvalue weighted by Crippen LogP contribution is 2.39. The number of pyridine rings is 2. The fraction of sp³-hybridized carbons (Fsp3) is 0.500. The molecule has 6 heterocycles. The van der Waals surface area contributed by atoms with Crippen LogP contribution in [-0.2, 0) is 9.53 Å². The number of fused-ring (bicyclic) bond motifs is 3. The van der Waals surface area contributed by atoms with Crippen LogP contribution in [0.1, 0.15) is 44.2 Å². The number of rotatable bonds is 5. The van der Waals surface area contributed by atoms with Crippen molar-refractivity contribution in [1.29, 1.82) is 0 Å². The second-order valence-electron chi connectivity index (χ2n) is 9.46. The molecular weight excluding hydrogens is 418 g/mol. The summed E-state index contributed by atoms with van der Waals surface area (Å²) in [5.74, 6) is 2.24. The number of ether oxygens (including phenoxy) is 1. The van der Waals surface area contributed by atoms with Crippen LogP contribution in [0.3, 0.4) is 0 Å². The number of anilines is 3. The summed E-state index contributed by atoms with van der Waals surface area (Å²) in [5, 5.41) is 15.3. The molecule has 0 spiro atoms. The van der Waals surface area contributed by atoms with Crippen molar-refractivity contribution in [2.45, 2.75) is 69.6 Å². The van der Waals surface area contributed by atoms with Crippen molar-refractivity contribution >= 4 is 34.3 Å². The van der Waals surface area contributed by atoms with Gasteiger partial charge in [0.05, 0.1) is 12.1 Å².